The van der Waals surface area contributed by atoms with Crippen LogP contribution >= 0.6 is 0 Å². The van der Waals surface area contributed by atoms with Gasteiger partial charge in [0.05, 0.1) is 7.11 Å². The van der Waals surface area contributed by atoms with Crippen LogP contribution in [-0.2, 0) is 4.79 Å². The number of hydrogen-bond donors (Lipinski definition) is 1. The van der Waals surface area contributed by atoms with Gasteiger partial charge >= 0.3 is 0 Å². The van der Waals surface area contributed by atoms with Crippen molar-refractivity contribution in [2.75, 3.05) is 7.11 Å². The molecule has 0 aromatic heterocycles. The summed E-state index contributed by atoms with van der Waals surface area (Å²) in [5, 5.41) is 11.9. The van der Waals surface area contributed by atoms with Gasteiger partial charge in [-0.1, -0.05) is 18.2 Å². The number of methoxy groups -OCH3 is 1. The molecule has 2 rings (SSSR count). The Kier molecular flexibility index (Phi) is 6.50. The van der Waals surface area contributed by atoms with E-state index in [4.69, 9.17) is 9.47 Å². The van der Waals surface area contributed by atoms with E-state index in [1.54, 1.807) is 19.3 Å². The third-order valence-corrected chi connectivity index (χ3v) is 4.85. The predicted octanol–water partition coefficient (Wildman–Crippen LogP) is 4.64. The van der Waals surface area contributed by atoms with E-state index in [2.05, 4.69) is 0 Å². The lowest BCUT2D eigenvalue weighted by Crippen LogP contribution is -2.61. The fourth-order valence-corrected chi connectivity index (χ4v) is 3.73. The SMILES string of the molecule is C/C=C/C(=O)/C=C/c1ccc(OC2CC(C)(C)N(O)C(C)(C)C2)c(OC)c1. The van der Waals surface area contributed by atoms with Crippen molar-refractivity contribution < 1.29 is 19.5 Å². The summed E-state index contributed by atoms with van der Waals surface area (Å²) in [6.07, 6.45) is 7.88. The van der Waals surface area contributed by atoms with Crippen molar-refractivity contribution in [3.8, 4) is 11.5 Å². The van der Waals surface area contributed by atoms with Crippen LogP contribution in [0.25, 0.3) is 6.08 Å². The number of carbonyl (C=O) groups excluding carboxylic acids is 1. The molecule has 1 aromatic carbocycles. The van der Waals surface area contributed by atoms with Crippen LogP contribution in [0.15, 0.2) is 36.4 Å². The zero-order chi connectivity index (χ0) is 20.2. The van der Waals surface area contributed by atoms with Gasteiger partial charge in [0.2, 0.25) is 0 Å². The van der Waals surface area contributed by atoms with Crippen molar-refractivity contribution in [3.05, 3.63) is 42.0 Å². The Labute approximate surface area is 162 Å². The van der Waals surface area contributed by atoms with Crippen molar-refractivity contribution in [1.82, 2.24) is 5.06 Å². The molecule has 0 saturated carbocycles. The van der Waals surface area contributed by atoms with Gasteiger partial charge in [-0.3, -0.25) is 4.79 Å². The minimum atomic E-state index is -0.379. The Morgan fingerprint density at radius 2 is 1.78 bits per heavy atom. The normalized spacial score (nSPS) is 20.3. The molecule has 5 nitrogen and oxygen atoms in total. The summed E-state index contributed by atoms with van der Waals surface area (Å²) in [6, 6.07) is 5.62. The third-order valence-electron chi connectivity index (χ3n) is 4.85. The Hall–Kier alpha value is -2.11. The van der Waals surface area contributed by atoms with Crippen LogP contribution in [0.3, 0.4) is 0 Å². The molecule has 1 fully saturated rings. The zero-order valence-corrected chi connectivity index (χ0v) is 17.2. The molecule has 1 heterocycles. The molecule has 0 atom stereocenters. The Balaban J connectivity index is 2.18. The molecule has 0 radical (unpaired) electrons. The average molecular weight is 373 g/mol. The van der Waals surface area contributed by atoms with Gasteiger partial charge in [-0.05, 0) is 64.5 Å². The van der Waals surface area contributed by atoms with Crippen molar-refractivity contribution in [3.63, 3.8) is 0 Å². The van der Waals surface area contributed by atoms with Crippen molar-refractivity contribution in [1.29, 1.82) is 0 Å². The highest BCUT2D eigenvalue weighted by atomic mass is 16.5. The summed E-state index contributed by atoms with van der Waals surface area (Å²) < 4.78 is 11.7. The first-order chi connectivity index (χ1) is 12.6. The molecule has 0 spiro atoms. The molecule has 0 unspecified atom stereocenters. The lowest BCUT2D eigenvalue weighted by Gasteiger charge is -2.51. The van der Waals surface area contributed by atoms with E-state index < -0.39 is 0 Å². The Bertz CT molecular complexity index is 716. The number of ketones is 1. The first kappa shape index (κ1) is 21.2. The standard InChI is InChI=1S/C22H31NO4/c1-7-8-17(24)11-9-16-10-12-19(20(13-16)26-6)27-18-14-21(2,3)23(25)22(4,5)15-18/h7-13,18,25H,14-15H2,1-6H3/b8-7+,11-9+. The number of hydroxylamine groups is 2. The van der Waals surface area contributed by atoms with Crippen LogP contribution in [0.1, 0.15) is 53.0 Å². The van der Waals surface area contributed by atoms with E-state index in [-0.39, 0.29) is 23.0 Å². The maximum atomic E-state index is 11.6. The number of piperidine rings is 1. The molecular formula is C22H31NO4. The third kappa shape index (κ3) is 5.21. The van der Waals surface area contributed by atoms with Gasteiger partial charge in [0.25, 0.3) is 0 Å². The molecule has 1 aromatic rings. The number of allylic oxidation sites excluding steroid dienone is 3. The van der Waals surface area contributed by atoms with E-state index in [9.17, 15) is 10.0 Å². The second-order valence-corrected chi connectivity index (χ2v) is 8.23. The van der Waals surface area contributed by atoms with Gasteiger partial charge in [-0.25, -0.2) is 0 Å². The molecule has 1 aliphatic rings. The lowest BCUT2D eigenvalue weighted by atomic mass is 9.80. The van der Waals surface area contributed by atoms with E-state index in [1.165, 1.54) is 17.2 Å². The summed E-state index contributed by atoms with van der Waals surface area (Å²) in [5.74, 6) is 1.23. The van der Waals surface area contributed by atoms with Crippen LogP contribution in [0, 0.1) is 0 Å². The largest absolute Gasteiger partial charge is 0.493 e. The van der Waals surface area contributed by atoms with Crippen molar-refractivity contribution in [2.24, 2.45) is 0 Å². The first-order valence-corrected chi connectivity index (χ1v) is 9.28. The van der Waals surface area contributed by atoms with Crippen molar-refractivity contribution in [2.45, 2.75) is 64.6 Å². The monoisotopic (exact) mass is 373 g/mol. The Morgan fingerprint density at radius 3 is 2.33 bits per heavy atom. The second-order valence-electron chi connectivity index (χ2n) is 8.23. The van der Waals surface area contributed by atoms with Crippen LogP contribution in [0.4, 0.5) is 0 Å². The van der Waals surface area contributed by atoms with E-state index in [1.807, 2.05) is 52.8 Å². The van der Waals surface area contributed by atoms with Crippen molar-refractivity contribution >= 4 is 11.9 Å². The first-order valence-electron chi connectivity index (χ1n) is 9.28. The van der Waals surface area contributed by atoms with Crippen LogP contribution in [0.2, 0.25) is 0 Å². The predicted molar refractivity (Wildman–Crippen MR) is 107 cm³/mol. The molecule has 1 N–H and O–H groups in total. The topological polar surface area (TPSA) is 59.0 Å². The fourth-order valence-electron chi connectivity index (χ4n) is 3.73. The maximum Gasteiger partial charge on any atom is 0.178 e. The van der Waals surface area contributed by atoms with Gasteiger partial charge < -0.3 is 14.7 Å². The van der Waals surface area contributed by atoms with E-state index in [0.29, 0.717) is 24.3 Å². The molecule has 1 aliphatic heterocycles. The smallest absolute Gasteiger partial charge is 0.178 e. The quantitative estimate of drug-likeness (QED) is 0.736. The molecule has 0 aliphatic carbocycles. The van der Waals surface area contributed by atoms with Gasteiger partial charge in [0.1, 0.15) is 6.10 Å². The second kappa shape index (κ2) is 8.28. The Morgan fingerprint density at radius 1 is 1.15 bits per heavy atom. The average Bonchev–Trinajstić information content (AvgIpc) is 2.58. The van der Waals surface area contributed by atoms with Gasteiger partial charge in [-0.15, -0.1) is 0 Å². The van der Waals surface area contributed by atoms with Crippen LogP contribution < -0.4 is 9.47 Å². The van der Waals surface area contributed by atoms with Gasteiger partial charge in [-0.2, -0.15) is 5.06 Å². The lowest BCUT2D eigenvalue weighted by molar-refractivity contribution is -0.254. The molecule has 27 heavy (non-hydrogen) atoms. The number of hydrogen-bond acceptors (Lipinski definition) is 5. The van der Waals surface area contributed by atoms with Gasteiger partial charge in [0.15, 0.2) is 17.3 Å². The number of carbonyl (C=O) groups is 1. The highest BCUT2D eigenvalue weighted by molar-refractivity contribution is 6.01. The summed E-state index contributed by atoms with van der Waals surface area (Å²) in [7, 11) is 1.60. The molecule has 0 amide bonds. The summed E-state index contributed by atoms with van der Waals surface area (Å²) >= 11 is 0. The van der Waals surface area contributed by atoms with Crippen LogP contribution in [-0.4, -0.2) is 40.3 Å². The highest BCUT2D eigenvalue weighted by Gasteiger charge is 2.46. The molecule has 1 saturated heterocycles. The van der Waals surface area contributed by atoms with Crippen LogP contribution in [0.5, 0.6) is 11.5 Å². The highest BCUT2D eigenvalue weighted by Crippen LogP contribution is 2.40. The van der Waals surface area contributed by atoms with E-state index >= 15 is 0 Å². The minimum Gasteiger partial charge on any atom is -0.493 e. The maximum absolute atomic E-state index is 11.6. The summed E-state index contributed by atoms with van der Waals surface area (Å²) in [6.45, 7) is 9.85. The molecule has 148 valence electrons. The number of rotatable bonds is 6. The fraction of sp³-hybridized carbons (Fsp3) is 0.500. The number of nitrogens with zero attached hydrogens (tertiary/aromatic N) is 1. The number of ether oxygens (including phenoxy) is 2. The molecule has 5 heteroatoms. The van der Waals surface area contributed by atoms with Gasteiger partial charge in [0, 0.05) is 23.9 Å². The summed E-state index contributed by atoms with van der Waals surface area (Å²) in [4.78, 5) is 11.6. The summed E-state index contributed by atoms with van der Waals surface area (Å²) in [5.41, 5.74) is 0.105. The zero-order valence-electron chi connectivity index (χ0n) is 17.2. The minimum absolute atomic E-state index is 0.0371. The van der Waals surface area contributed by atoms with E-state index in [0.717, 1.165) is 5.56 Å². The molecular weight excluding hydrogens is 342 g/mol. The molecule has 0 bridgehead atoms. The number of benzene rings is 1.